The van der Waals surface area contributed by atoms with Gasteiger partial charge in [-0.3, -0.25) is 0 Å². The number of hydrogen-bond acceptors (Lipinski definition) is 6. The van der Waals surface area contributed by atoms with Gasteiger partial charge in [-0.05, 0) is 82.0 Å². The van der Waals surface area contributed by atoms with E-state index in [0.717, 1.165) is 43.4 Å². The molecule has 2 aliphatic carbocycles. The number of carbonyl (C=O) groups is 2. The number of rotatable bonds is 20. The van der Waals surface area contributed by atoms with Gasteiger partial charge in [0.25, 0.3) is 0 Å². The second kappa shape index (κ2) is 19.6. The van der Waals surface area contributed by atoms with E-state index in [1.165, 1.54) is 77.0 Å². The molecular weight excluding hydrogens is 528 g/mol. The second-order valence-electron chi connectivity index (χ2n) is 13.8. The Bertz CT molecular complexity index is 817. The van der Waals surface area contributed by atoms with E-state index in [0.29, 0.717) is 11.5 Å². The van der Waals surface area contributed by atoms with Gasteiger partial charge in [0.1, 0.15) is 13.2 Å². The zero-order chi connectivity index (χ0) is 31.0. The summed E-state index contributed by atoms with van der Waals surface area (Å²) in [6, 6.07) is 0. The van der Waals surface area contributed by atoms with Crippen LogP contribution in [0.15, 0.2) is 24.3 Å². The molecule has 42 heavy (non-hydrogen) atoms. The van der Waals surface area contributed by atoms with Gasteiger partial charge in [0.05, 0.1) is 0 Å². The SMILES string of the molecule is C=C(C)C(=O)OCC(CCC)(CCC1CCC(C2CCC(CCCCC)CC2)CC1)COC(=O)C(=C)CC(CO)CO. The fourth-order valence-corrected chi connectivity index (χ4v) is 7.36. The standard InChI is InChI=1S/C36H62O6/c1-6-8-9-10-29-11-15-32(16-12-29)33-17-13-30(14-18-33)19-21-36(20-7-2,25-41-34(39)27(3)4)26-42-35(40)28(5)22-31(23-37)24-38/h29-33,37-38H,3,5-26H2,1-2,4H3. The molecule has 6 heteroatoms. The smallest absolute Gasteiger partial charge is 0.333 e. The van der Waals surface area contributed by atoms with E-state index in [2.05, 4.69) is 27.0 Å². The summed E-state index contributed by atoms with van der Waals surface area (Å²) >= 11 is 0. The highest BCUT2D eigenvalue weighted by Gasteiger charge is 2.36. The monoisotopic (exact) mass is 590 g/mol. The summed E-state index contributed by atoms with van der Waals surface area (Å²) in [6.45, 7) is 13.5. The van der Waals surface area contributed by atoms with Crippen LogP contribution >= 0.6 is 0 Å². The largest absolute Gasteiger partial charge is 0.462 e. The van der Waals surface area contributed by atoms with Gasteiger partial charge in [0.2, 0.25) is 0 Å². The number of unbranched alkanes of at least 4 members (excludes halogenated alkanes) is 2. The maximum atomic E-state index is 12.8. The fourth-order valence-electron chi connectivity index (χ4n) is 7.36. The molecule has 2 saturated carbocycles. The number of aliphatic hydroxyl groups is 2. The van der Waals surface area contributed by atoms with Crippen molar-refractivity contribution >= 4 is 11.9 Å². The number of carbonyl (C=O) groups excluding carboxylic acids is 2. The normalized spacial score (nSPS) is 24.1. The van der Waals surface area contributed by atoms with Crippen LogP contribution in [0.4, 0.5) is 0 Å². The first-order chi connectivity index (χ1) is 20.2. The quantitative estimate of drug-likeness (QED) is 0.0849. The number of hydrogen-bond donors (Lipinski definition) is 2. The second-order valence-corrected chi connectivity index (χ2v) is 13.8. The van der Waals surface area contributed by atoms with Crippen molar-refractivity contribution in [1.29, 1.82) is 0 Å². The van der Waals surface area contributed by atoms with Crippen molar-refractivity contribution in [2.75, 3.05) is 26.4 Å². The number of ether oxygens (including phenoxy) is 2. The van der Waals surface area contributed by atoms with E-state index in [-0.39, 0.29) is 38.4 Å². The van der Waals surface area contributed by atoms with Crippen LogP contribution in [-0.2, 0) is 19.1 Å². The lowest BCUT2D eigenvalue weighted by Crippen LogP contribution is -2.36. The number of esters is 2. The van der Waals surface area contributed by atoms with Gasteiger partial charge >= 0.3 is 11.9 Å². The predicted octanol–water partition coefficient (Wildman–Crippen LogP) is 7.96. The Morgan fingerprint density at radius 3 is 1.76 bits per heavy atom. The van der Waals surface area contributed by atoms with E-state index < -0.39 is 23.3 Å². The zero-order valence-electron chi connectivity index (χ0n) is 27.2. The number of aliphatic hydroxyl groups excluding tert-OH is 2. The van der Waals surface area contributed by atoms with Gasteiger partial charge < -0.3 is 19.7 Å². The van der Waals surface area contributed by atoms with Crippen LogP contribution in [0.5, 0.6) is 0 Å². The highest BCUT2D eigenvalue weighted by molar-refractivity contribution is 5.88. The molecule has 2 aliphatic rings. The summed E-state index contributed by atoms with van der Waals surface area (Å²) in [4.78, 5) is 25.1. The lowest BCUT2D eigenvalue weighted by atomic mass is 9.67. The molecule has 0 amide bonds. The maximum absolute atomic E-state index is 12.8. The Hall–Kier alpha value is -1.66. The Morgan fingerprint density at radius 1 is 0.762 bits per heavy atom. The van der Waals surface area contributed by atoms with Gasteiger partial charge in [-0.2, -0.15) is 0 Å². The molecule has 0 aromatic heterocycles. The molecule has 0 radical (unpaired) electrons. The van der Waals surface area contributed by atoms with E-state index in [9.17, 15) is 19.8 Å². The third-order valence-corrected chi connectivity index (χ3v) is 10.2. The minimum absolute atomic E-state index is 0.155. The Balaban J connectivity index is 1.93. The van der Waals surface area contributed by atoms with Crippen LogP contribution in [0.1, 0.15) is 130 Å². The summed E-state index contributed by atoms with van der Waals surface area (Å²) in [5.41, 5.74) is 0.134. The van der Waals surface area contributed by atoms with Crippen LogP contribution in [0.2, 0.25) is 0 Å². The highest BCUT2D eigenvalue weighted by atomic mass is 16.5. The van der Waals surface area contributed by atoms with Crippen molar-refractivity contribution in [2.24, 2.45) is 35.0 Å². The van der Waals surface area contributed by atoms with E-state index >= 15 is 0 Å². The molecule has 2 rings (SSSR count). The van der Waals surface area contributed by atoms with Gasteiger partial charge in [0.15, 0.2) is 0 Å². The molecule has 6 nitrogen and oxygen atoms in total. The topological polar surface area (TPSA) is 93.1 Å². The van der Waals surface area contributed by atoms with Gasteiger partial charge in [-0.1, -0.05) is 84.8 Å². The Morgan fingerprint density at radius 2 is 1.29 bits per heavy atom. The zero-order valence-corrected chi connectivity index (χ0v) is 27.2. The minimum atomic E-state index is -0.519. The molecule has 0 aromatic carbocycles. The third kappa shape index (κ3) is 12.5. The summed E-state index contributed by atoms with van der Waals surface area (Å²) in [5.74, 6) is 2.04. The maximum Gasteiger partial charge on any atom is 0.333 e. The molecule has 0 heterocycles. The average molecular weight is 591 g/mol. The molecular formula is C36H62O6. The molecule has 242 valence electrons. The third-order valence-electron chi connectivity index (χ3n) is 10.2. The van der Waals surface area contributed by atoms with E-state index in [1.807, 2.05) is 0 Å². The minimum Gasteiger partial charge on any atom is -0.462 e. The molecule has 2 N–H and O–H groups in total. The summed E-state index contributed by atoms with van der Waals surface area (Å²) in [6.07, 6.45) is 20.1. The Kier molecular flexibility index (Phi) is 17.0. The summed E-state index contributed by atoms with van der Waals surface area (Å²) in [7, 11) is 0. The van der Waals surface area contributed by atoms with Crippen LogP contribution < -0.4 is 0 Å². The molecule has 0 aromatic rings. The fraction of sp³-hybridized carbons (Fsp3) is 0.833. The predicted molar refractivity (Wildman–Crippen MR) is 170 cm³/mol. The lowest BCUT2D eigenvalue weighted by Gasteiger charge is -2.39. The van der Waals surface area contributed by atoms with Gasteiger partial charge in [-0.25, -0.2) is 9.59 Å². The van der Waals surface area contributed by atoms with Crippen molar-refractivity contribution in [2.45, 2.75) is 130 Å². The molecule has 0 bridgehead atoms. The van der Waals surface area contributed by atoms with Gasteiger partial charge in [0, 0.05) is 35.7 Å². The first-order valence-electron chi connectivity index (χ1n) is 17.1. The van der Waals surface area contributed by atoms with Crippen molar-refractivity contribution in [1.82, 2.24) is 0 Å². The first kappa shape index (κ1) is 36.5. The van der Waals surface area contributed by atoms with Crippen molar-refractivity contribution < 1.29 is 29.3 Å². The van der Waals surface area contributed by atoms with E-state index in [4.69, 9.17) is 9.47 Å². The molecule has 1 atom stereocenters. The molecule has 0 spiro atoms. The van der Waals surface area contributed by atoms with E-state index in [1.54, 1.807) is 6.92 Å². The van der Waals surface area contributed by atoms with Crippen molar-refractivity contribution in [3.63, 3.8) is 0 Å². The lowest BCUT2D eigenvalue weighted by molar-refractivity contribution is -0.150. The van der Waals surface area contributed by atoms with Crippen molar-refractivity contribution in [3.05, 3.63) is 24.3 Å². The molecule has 0 aliphatic heterocycles. The summed E-state index contributed by atoms with van der Waals surface area (Å²) < 4.78 is 11.4. The first-order valence-corrected chi connectivity index (χ1v) is 17.1. The van der Waals surface area contributed by atoms with Gasteiger partial charge in [-0.15, -0.1) is 0 Å². The van der Waals surface area contributed by atoms with Crippen LogP contribution in [0.3, 0.4) is 0 Å². The molecule has 0 saturated heterocycles. The van der Waals surface area contributed by atoms with Crippen LogP contribution in [-0.4, -0.2) is 48.6 Å². The van der Waals surface area contributed by atoms with Crippen molar-refractivity contribution in [3.8, 4) is 0 Å². The van der Waals surface area contributed by atoms with Crippen LogP contribution in [0.25, 0.3) is 0 Å². The molecule has 2 fully saturated rings. The summed E-state index contributed by atoms with van der Waals surface area (Å²) in [5, 5.41) is 18.7. The van der Waals surface area contributed by atoms with Crippen LogP contribution in [0, 0.1) is 35.0 Å². The molecule has 1 unspecified atom stereocenters. The highest BCUT2D eigenvalue weighted by Crippen LogP contribution is 2.44. The Labute approximate surface area is 256 Å². The average Bonchev–Trinajstić information content (AvgIpc) is 3.00.